The molecule has 0 aromatic heterocycles. The van der Waals surface area contributed by atoms with Gasteiger partial charge in [0, 0.05) is 31.6 Å². The molecule has 0 bridgehead atoms. The maximum absolute atomic E-state index is 13.8. The largest absolute Gasteiger partial charge is 0.326 e. The second-order valence-electron chi connectivity index (χ2n) is 5.05. The van der Waals surface area contributed by atoms with E-state index in [1.54, 1.807) is 6.07 Å². The smallest absolute Gasteiger partial charge is 0.226 e. The lowest BCUT2D eigenvalue weighted by Crippen LogP contribution is -2.32. The van der Waals surface area contributed by atoms with Crippen LogP contribution in [-0.4, -0.2) is 18.4 Å². The summed E-state index contributed by atoms with van der Waals surface area (Å²) in [6.45, 7) is 1.21. The van der Waals surface area contributed by atoms with Crippen molar-refractivity contribution >= 4 is 23.2 Å². The van der Waals surface area contributed by atoms with Crippen LogP contribution in [0.15, 0.2) is 42.5 Å². The minimum atomic E-state index is -1.08. The number of rotatable bonds is 5. The number of hydrogen-bond acceptors (Lipinski definition) is 2. The fourth-order valence-corrected chi connectivity index (χ4v) is 2.13. The fourth-order valence-electron chi connectivity index (χ4n) is 2.13. The monoisotopic (exact) mass is 336 g/mol. The van der Waals surface area contributed by atoms with E-state index >= 15 is 0 Å². The zero-order valence-electron chi connectivity index (χ0n) is 12.9. The van der Waals surface area contributed by atoms with Gasteiger partial charge < -0.3 is 10.2 Å². The van der Waals surface area contributed by atoms with Crippen LogP contribution in [0.2, 0.25) is 0 Å². The molecule has 0 spiro atoms. The summed E-state index contributed by atoms with van der Waals surface area (Å²) < 4.78 is 39.7. The third kappa shape index (κ3) is 4.34. The molecule has 126 valence electrons. The van der Waals surface area contributed by atoms with Gasteiger partial charge >= 0.3 is 0 Å². The first-order valence-corrected chi connectivity index (χ1v) is 7.16. The first kappa shape index (κ1) is 17.5. The standard InChI is InChI=1S/C17H15F3N2O2/c1-11(23)22(16-5-3-2-4-14(16)19)9-8-17(24)21-12-6-7-13(18)15(20)10-12/h2-7,10H,8-9H2,1H3,(H,21,24). The van der Waals surface area contributed by atoms with Gasteiger partial charge in [-0.15, -0.1) is 0 Å². The van der Waals surface area contributed by atoms with Gasteiger partial charge in [-0.3, -0.25) is 9.59 Å². The van der Waals surface area contributed by atoms with E-state index in [-0.39, 0.29) is 24.3 Å². The number of hydrogen-bond donors (Lipinski definition) is 1. The van der Waals surface area contributed by atoms with Crippen molar-refractivity contribution in [2.75, 3.05) is 16.8 Å². The molecule has 7 heteroatoms. The lowest BCUT2D eigenvalue weighted by Gasteiger charge is -2.21. The molecule has 0 aliphatic rings. The third-order valence-electron chi connectivity index (χ3n) is 3.29. The number of para-hydroxylation sites is 1. The van der Waals surface area contributed by atoms with E-state index in [9.17, 15) is 22.8 Å². The van der Waals surface area contributed by atoms with E-state index in [0.717, 1.165) is 17.0 Å². The second kappa shape index (κ2) is 7.63. The Balaban J connectivity index is 2.01. The molecule has 1 N–H and O–H groups in total. The molecule has 4 nitrogen and oxygen atoms in total. The van der Waals surface area contributed by atoms with Gasteiger partial charge in [0.2, 0.25) is 11.8 Å². The molecule has 2 aromatic carbocycles. The van der Waals surface area contributed by atoms with Crippen LogP contribution in [0.4, 0.5) is 24.5 Å². The molecule has 0 aliphatic carbocycles. The van der Waals surface area contributed by atoms with E-state index in [1.165, 1.54) is 31.2 Å². The predicted molar refractivity (Wildman–Crippen MR) is 84.0 cm³/mol. The summed E-state index contributed by atoms with van der Waals surface area (Å²) in [6.07, 6.45) is -0.132. The van der Waals surface area contributed by atoms with E-state index in [2.05, 4.69) is 5.32 Å². The highest BCUT2D eigenvalue weighted by Crippen LogP contribution is 2.19. The van der Waals surface area contributed by atoms with Crippen LogP contribution in [0.25, 0.3) is 0 Å². The second-order valence-corrected chi connectivity index (χ2v) is 5.05. The summed E-state index contributed by atoms with van der Waals surface area (Å²) in [7, 11) is 0. The average Bonchev–Trinajstić information content (AvgIpc) is 2.52. The van der Waals surface area contributed by atoms with E-state index < -0.39 is 29.3 Å². The molecule has 0 unspecified atom stereocenters. The molecule has 0 heterocycles. The fraction of sp³-hybridized carbons (Fsp3) is 0.176. The van der Waals surface area contributed by atoms with E-state index in [0.29, 0.717) is 0 Å². The van der Waals surface area contributed by atoms with E-state index in [4.69, 9.17) is 0 Å². The lowest BCUT2D eigenvalue weighted by atomic mass is 10.2. The number of benzene rings is 2. The Bertz CT molecular complexity index is 765. The zero-order chi connectivity index (χ0) is 17.7. The van der Waals surface area contributed by atoms with E-state index in [1.807, 2.05) is 0 Å². The summed E-state index contributed by atoms with van der Waals surface area (Å²) in [5.41, 5.74) is 0.171. The Morgan fingerprint density at radius 2 is 1.71 bits per heavy atom. The Morgan fingerprint density at radius 3 is 2.33 bits per heavy atom. The number of carbonyl (C=O) groups is 2. The van der Waals surface area contributed by atoms with Crippen molar-refractivity contribution in [3.63, 3.8) is 0 Å². The van der Waals surface area contributed by atoms with Crippen LogP contribution in [-0.2, 0) is 9.59 Å². The number of halogens is 3. The SMILES string of the molecule is CC(=O)N(CCC(=O)Nc1ccc(F)c(F)c1)c1ccccc1F. The zero-order valence-corrected chi connectivity index (χ0v) is 12.9. The van der Waals surface area contributed by atoms with Crippen LogP contribution < -0.4 is 10.2 Å². The first-order valence-electron chi connectivity index (χ1n) is 7.16. The molecule has 0 aliphatic heterocycles. The number of amides is 2. The van der Waals surface area contributed by atoms with Crippen LogP contribution in [0.5, 0.6) is 0 Å². The van der Waals surface area contributed by atoms with Gasteiger partial charge in [-0.05, 0) is 24.3 Å². The van der Waals surface area contributed by atoms with Gasteiger partial charge in [0.15, 0.2) is 11.6 Å². The molecule has 2 aromatic rings. The van der Waals surface area contributed by atoms with Crippen LogP contribution in [0.1, 0.15) is 13.3 Å². The Hall–Kier alpha value is -2.83. The number of anilines is 2. The molecule has 0 fully saturated rings. The van der Waals surface area contributed by atoms with Crippen LogP contribution >= 0.6 is 0 Å². The number of carbonyl (C=O) groups excluding carboxylic acids is 2. The Morgan fingerprint density at radius 1 is 1.00 bits per heavy atom. The van der Waals surface area contributed by atoms with Crippen molar-refractivity contribution in [2.45, 2.75) is 13.3 Å². The highest BCUT2D eigenvalue weighted by molar-refractivity contribution is 5.94. The topological polar surface area (TPSA) is 49.4 Å². The predicted octanol–water partition coefficient (Wildman–Crippen LogP) is 3.49. The van der Waals surface area contributed by atoms with Crippen molar-refractivity contribution in [3.05, 3.63) is 59.9 Å². The van der Waals surface area contributed by atoms with Crippen molar-refractivity contribution in [1.29, 1.82) is 0 Å². The summed E-state index contributed by atoms with van der Waals surface area (Å²) in [5.74, 6) is -3.60. The van der Waals surface area contributed by atoms with Gasteiger partial charge in [-0.25, -0.2) is 13.2 Å². The van der Waals surface area contributed by atoms with Crippen LogP contribution in [0, 0.1) is 17.5 Å². The van der Waals surface area contributed by atoms with Crippen molar-refractivity contribution in [3.8, 4) is 0 Å². The van der Waals surface area contributed by atoms with Gasteiger partial charge in [0.05, 0.1) is 5.69 Å². The first-order chi connectivity index (χ1) is 11.4. The highest BCUT2D eigenvalue weighted by atomic mass is 19.2. The van der Waals surface area contributed by atoms with Gasteiger partial charge in [-0.1, -0.05) is 12.1 Å². The average molecular weight is 336 g/mol. The third-order valence-corrected chi connectivity index (χ3v) is 3.29. The van der Waals surface area contributed by atoms with Crippen LogP contribution in [0.3, 0.4) is 0 Å². The summed E-state index contributed by atoms with van der Waals surface area (Å²) in [6, 6.07) is 8.69. The Labute approximate surface area is 136 Å². The van der Waals surface area contributed by atoms with Gasteiger partial charge in [0.1, 0.15) is 5.82 Å². The quantitative estimate of drug-likeness (QED) is 0.909. The Kier molecular flexibility index (Phi) is 5.57. The molecule has 0 saturated carbocycles. The lowest BCUT2D eigenvalue weighted by molar-refractivity contribution is -0.117. The highest BCUT2D eigenvalue weighted by Gasteiger charge is 2.17. The van der Waals surface area contributed by atoms with Crippen molar-refractivity contribution < 1.29 is 22.8 Å². The number of nitrogens with one attached hydrogen (secondary N) is 1. The molecule has 0 saturated heterocycles. The minimum absolute atomic E-state index is 0.0498. The van der Waals surface area contributed by atoms with Crippen molar-refractivity contribution in [1.82, 2.24) is 0 Å². The maximum Gasteiger partial charge on any atom is 0.226 e. The summed E-state index contributed by atoms with van der Waals surface area (Å²) in [5, 5.41) is 2.39. The van der Waals surface area contributed by atoms with Gasteiger partial charge in [0.25, 0.3) is 0 Å². The summed E-state index contributed by atoms with van der Waals surface area (Å²) >= 11 is 0. The molecule has 0 radical (unpaired) electrons. The molecule has 0 atom stereocenters. The maximum atomic E-state index is 13.8. The molecule has 24 heavy (non-hydrogen) atoms. The molecular weight excluding hydrogens is 321 g/mol. The summed E-state index contributed by atoms with van der Waals surface area (Å²) in [4.78, 5) is 24.7. The minimum Gasteiger partial charge on any atom is -0.326 e. The molecule has 2 amide bonds. The molecular formula is C17H15F3N2O2. The van der Waals surface area contributed by atoms with Gasteiger partial charge in [-0.2, -0.15) is 0 Å². The molecule has 2 rings (SSSR count). The number of nitrogens with zero attached hydrogens (tertiary/aromatic N) is 1. The normalized spacial score (nSPS) is 10.3. The van der Waals surface area contributed by atoms with Crippen molar-refractivity contribution in [2.24, 2.45) is 0 Å².